The van der Waals surface area contributed by atoms with Crippen molar-refractivity contribution in [3.05, 3.63) is 57.6 Å². The second kappa shape index (κ2) is 8.62. The van der Waals surface area contributed by atoms with Crippen LogP contribution < -0.4 is 15.0 Å². The lowest BCUT2D eigenvalue weighted by Gasteiger charge is -2.28. The molecule has 1 saturated heterocycles. The van der Waals surface area contributed by atoms with Crippen LogP contribution in [0.15, 0.2) is 36.4 Å². The quantitative estimate of drug-likeness (QED) is 0.838. The minimum Gasteiger partial charge on any atom is -0.494 e. The van der Waals surface area contributed by atoms with E-state index in [0.717, 1.165) is 37.6 Å². The molecule has 1 fully saturated rings. The average Bonchev–Trinajstić information content (AvgIpc) is 2.68. The Hall–Kier alpha value is -1.95. The molecule has 1 N–H and O–H groups in total. The van der Waals surface area contributed by atoms with Gasteiger partial charge in [0.2, 0.25) is 0 Å². The van der Waals surface area contributed by atoms with Gasteiger partial charge in [-0.1, -0.05) is 35.3 Å². The first-order valence-electron chi connectivity index (χ1n) is 8.32. The highest BCUT2D eigenvalue weighted by molar-refractivity contribution is 6.37. The number of rotatable bonds is 5. The number of amides is 1. The molecule has 0 aromatic heterocycles. The molecule has 1 heterocycles. The maximum Gasteiger partial charge on any atom is 0.256 e. The Morgan fingerprint density at radius 1 is 1.12 bits per heavy atom. The van der Waals surface area contributed by atoms with Gasteiger partial charge in [0.15, 0.2) is 5.75 Å². The van der Waals surface area contributed by atoms with Crippen LogP contribution in [-0.2, 0) is 11.3 Å². The molecule has 1 aliphatic heterocycles. The second-order valence-corrected chi connectivity index (χ2v) is 6.70. The summed E-state index contributed by atoms with van der Waals surface area (Å²) in [5.74, 6) is -0.0501. The molecule has 1 amide bonds. The van der Waals surface area contributed by atoms with Gasteiger partial charge in [-0.15, -0.1) is 0 Å². The average molecular weight is 395 g/mol. The summed E-state index contributed by atoms with van der Waals surface area (Å²) in [6.45, 7) is 3.67. The van der Waals surface area contributed by atoms with Gasteiger partial charge < -0.3 is 19.7 Å². The van der Waals surface area contributed by atoms with Gasteiger partial charge in [0.25, 0.3) is 5.91 Å². The molecule has 0 bridgehead atoms. The number of hydrogen-bond acceptors (Lipinski definition) is 4. The first-order valence-corrected chi connectivity index (χ1v) is 9.07. The molecule has 0 radical (unpaired) electrons. The van der Waals surface area contributed by atoms with Crippen molar-refractivity contribution in [1.29, 1.82) is 0 Å². The van der Waals surface area contributed by atoms with E-state index in [1.807, 2.05) is 12.1 Å². The van der Waals surface area contributed by atoms with E-state index in [4.69, 9.17) is 32.7 Å². The monoisotopic (exact) mass is 394 g/mol. The maximum atomic E-state index is 12.5. The number of nitrogens with zero attached hydrogens (tertiary/aromatic N) is 1. The van der Waals surface area contributed by atoms with E-state index in [-0.39, 0.29) is 17.2 Å². The molecular weight excluding hydrogens is 375 g/mol. The fraction of sp³-hybridized carbons (Fsp3) is 0.316. The van der Waals surface area contributed by atoms with Crippen LogP contribution in [0.1, 0.15) is 15.9 Å². The number of carbonyl (C=O) groups excluding carboxylic acids is 1. The smallest absolute Gasteiger partial charge is 0.256 e. The molecule has 3 rings (SSSR count). The number of halogens is 2. The third-order valence-corrected chi connectivity index (χ3v) is 4.87. The molecule has 0 aliphatic carbocycles. The number of benzene rings is 2. The van der Waals surface area contributed by atoms with Crippen LogP contribution in [0, 0.1) is 0 Å². The van der Waals surface area contributed by atoms with Crippen molar-refractivity contribution in [2.45, 2.75) is 6.54 Å². The summed E-state index contributed by atoms with van der Waals surface area (Å²) in [5.41, 5.74) is 2.39. The van der Waals surface area contributed by atoms with E-state index in [9.17, 15) is 4.79 Å². The van der Waals surface area contributed by atoms with Gasteiger partial charge in [-0.3, -0.25) is 4.79 Å². The minimum atomic E-state index is -0.327. The van der Waals surface area contributed by atoms with Gasteiger partial charge in [0.05, 0.1) is 30.4 Å². The van der Waals surface area contributed by atoms with Gasteiger partial charge in [-0.2, -0.15) is 0 Å². The zero-order valence-electron chi connectivity index (χ0n) is 14.4. The SMILES string of the molecule is COc1c(Cl)ccc(Cl)c1C(=O)NCc1ccc(N2CCOCC2)cc1. The summed E-state index contributed by atoms with van der Waals surface area (Å²) in [5, 5.41) is 3.50. The van der Waals surface area contributed by atoms with E-state index in [2.05, 4.69) is 22.3 Å². The lowest BCUT2D eigenvalue weighted by molar-refractivity contribution is 0.0948. The van der Waals surface area contributed by atoms with E-state index >= 15 is 0 Å². The lowest BCUT2D eigenvalue weighted by Crippen LogP contribution is -2.36. The first-order chi connectivity index (χ1) is 12.6. The van der Waals surface area contributed by atoms with Gasteiger partial charge in [0, 0.05) is 25.3 Å². The van der Waals surface area contributed by atoms with Gasteiger partial charge in [0.1, 0.15) is 5.56 Å². The number of hydrogen-bond donors (Lipinski definition) is 1. The Labute approximate surface area is 162 Å². The van der Waals surface area contributed by atoms with E-state index in [0.29, 0.717) is 16.6 Å². The fourth-order valence-corrected chi connectivity index (χ4v) is 3.33. The molecular formula is C19H20Cl2N2O3. The Bertz CT molecular complexity index is 775. The predicted octanol–water partition coefficient (Wildman–Crippen LogP) is 3.77. The highest BCUT2D eigenvalue weighted by Gasteiger charge is 2.19. The third kappa shape index (κ3) is 4.23. The molecule has 0 unspecified atom stereocenters. The van der Waals surface area contributed by atoms with Crippen molar-refractivity contribution in [2.75, 3.05) is 38.3 Å². The zero-order valence-corrected chi connectivity index (χ0v) is 15.9. The van der Waals surface area contributed by atoms with Crippen molar-refractivity contribution >= 4 is 34.8 Å². The van der Waals surface area contributed by atoms with Gasteiger partial charge >= 0.3 is 0 Å². The van der Waals surface area contributed by atoms with E-state index < -0.39 is 0 Å². The van der Waals surface area contributed by atoms with Crippen molar-refractivity contribution < 1.29 is 14.3 Å². The zero-order chi connectivity index (χ0) is 18.5. The number of carbonyl (C=O) groups is 1. The number of nitrogens with one attached hydrogen (secondary N) is 1. The van der Waals surface area contributed by atoms with Crippen LogP contribution in [0.4, 0.5) is 5.69 Å². The number of methoxy groups -OCH3 is 1. The minimum absolute atomic E-state index is 0.242. The normalized spacial score (nSPS) is 14.2. The second-order valence-electron chi connectivity index (χ2n) is 5.89. The summed E-state index contributed by atoms with van der Waals surface area (Å²) in [4.78, 5) is 14.8. The largest absolute Gasteiger partial charge is 0.494 e. The summed E-state index contributed by atoms with van der Waals surface area (Å²) in [7, 11) is 1.46. The molecule has 2 aromatic rings. The lowest BCUT2D eigenvalue weighted by atomic mass is 10.1. The summed E-state index contributed by atoms with van der Waals surface area (Å²) >= 11 is 12.2. The van der Waals surface area contributed by atoms with E-state index in [1.54, 1.807) is 12.1 Å². The third-order valence-electron chi connectivity index (χ3n) is 4.26. The Morgan fingerprint density at radius 2 is 1.77 bits per heavy atom. The Balaban J connectivity index is 1.66. The highest BCUT2D eigenvalue weighted by Crippen LogP contribution is 2.33. The van der Waals surface area contributed by atoms with Crippen molar-refractivity contribution in [3.63, 3.8) is 0 Å². The molecule has 0 saturated carbocycles. The van der Waals surface area contributed by atoms with Crippen molar-refractivity contribution in [1.82, 2.24) is 5.32 Å². The van der Waals surface area contributed by atoms with E-state index in [1.165, 1.54) is 7.11 Å². The van der Waals surface area contributed by atoms with Crippen LogP contribution in [0.2, 0.25) is 10.0 Å². The number of morpholine rings is 1. The van der Waals surface area contributed by atoms with Crippen LogP contribution in [0.25, 0.3) is 0 Å². The molecule has 2 aromatic carbocycles. The Morgan fingerprint density at radius 3 is 2.42 bits per heavy atom. The molecule has 138 valence electrons. The molecule has 5 nitrogen and oxygen atoms in total. The van der Waals surface area contributed by atoms with Gasteiger partial charge in [-0.05, 0) is 29.8 Å². The standard InChI is InChI=1S/C19H20Cl2N2O3/c1-25-18-16(21)7-6-15(20)17(18)19(24)22-12-13-2-4-14(5-3-13)23-8-10-26-11-9-23/h2-7H,8-12H2,1H3,(H,22,24). The van der Waals surface area contributed by atoms with Crippen molar-refractivity contribution in [2.24, 2.45) is 0 Å². The predicted molar refractivity (Wildman–Crippen MR) is 104 cm³/mol. The summed E-state index contributed by atoms with van der Waals surface area (Å²) in [6.07, 6.45) is 0. The summed E-state index contributed by atoms with van der Waals surface area (Å²) < 4.78 is 10.6. The molecule has 0 spiro atoms. The number of ether oxygens (including phenoxy) is 2. The van der Waals surface area contributed by atoms with Gasteiger partial charge in [-0.25, -0.2) is 0 Å². The summed E-state index contributed by atoms with van der Waals surface area (Å²) in [6, 6.07) is 11.3. The van der Waals surface area contributed by atoms with Crippen LogP contribution in [-0.4, -0.2) is 39.3 Å². The maximum absolute atomic E-state index is 12.5. The fourth-order valence-electron chi connectivity index (χ4n) is 2.86. The topological polar surface area (TPSA) is 50.8 Å². The first kappa shape index (κ1) is 18.8. The van der Waals surface area contributed by atoms with Crippen LogP contribution >= 0.6 is 23.2 Å². The molecule has 1 aliphatic rings. The van der Waals surface area contributed by atoms with Crippen LogP contribution in [0.3, 0.4) is 0 Å². The van der Waals surface area contributed by atoms with Crippen LogP contribution in [0.5, 0.6) is 5.75 Å². The Kier molecular flexibility index (Phi) is 6.25. The van der Waals surface area contributed by atoms with Crippen molar-refractivity contribution in [3.8, 4) is 5.75 Å². The molecule has 26 heavy (non-hydrogen) atoms. The molecule has 0 atom stereocenters. The highest BCUT2D eigenvalue weighted by atomic mass is 35.5. The molecule has 7 heteroatoms. The number of anilines is 1.